The maximum Gasteiger partial charge on any atom is 0 e. The van der Waals surface area contributed by atoms with Gasteiger partial charge in [-0.05, 0) is 0 Å². The average Bonchev–Trinajstić information content (AvgIpc) is 1.00. The Labute approximate surface area is 66.4 Å². The fraction of sp³-hybridized carbons (Fsp3) is 0. The average molecular weight is 215 g/mol. The van der Waals surface area contributed by atoms with Crippen molar-refractivity contribution in [3.05, 3.63) is 0 Å². The Kier molecular flexibility index (Phi) is 518000. The van der Waals surface area contributed by atoms with E-state index >= 15 is 0 Å². The molecular weight excluding hydrogens is 199 g/mol. The van der Waals surface area contributed by atoms with Crippen molar-refractivity contribution < 1.29 is 43.8 Å². The van der Waals surface area contributed by atoms with Crippen molar-refractivity contribution >= 4 is 21.7 Å². The second-order valence-corrected chi connectivity index (χ2v) is 0. The van der Waals surface area contributed by atoms with Crippen molar-refractivity contribution in [1.29, 1.82) is 0 Å². The van der Waals surface area contributed by atoms with E-state index in [4.69, 9.17) is 0 Å². The molecule has 0 aromatic rings. The fourth-order valence-electron chi connectivity index (χ4n) is 0. The molecule has 0 spiro atoms. The molecule has 0 aliphatic rings. The minimum atomic E-state index is 0. The Morgan fingerprint density at radius 2 is 0.300 bits per heavy atom. The molecule has 0 atom stereocenters. The highest BCUT2D eigenvalue weighted by Crippen LogP contribution is 1.69. The molecule has 78 valence electrons. The molecule has 0 aromatic heterocycles. The van der Waals surface area contributed by atoms with Crippen LogP contribution in [-0.4, -0.2) is 43.8 Å². The Balaban J connectivity index is -0.000000000179. The molecule has 0 heterocycles. The smallest absolute Gasteiger partial charge is 0 e. The zero-order valence-corrected chi connectivity index (χ0v) is 6.27. The first-order valence-corrected chi connectivity index (χ1v) is 1.29. The van der Waals surface area contributed by atoms with Crippen LogP contribution in [0.1, 0.15) is 0 Å². The maximum absolute atomic E-state index is 4.11. The van der Waals surface area contributed by atoms with Crippen LogP contribution in [0.5, 0.6) is 0 Å². The van der Waals surface area contributed by atoms with E-state index < -0.39 is 0 Å². The van der Waals surface area contributed by atoms with Crippen molar-refractivity contribution in [2.24, 2.45) is 0 Å². The van der Waals surface area contributed by atoms with Gasteiger partial charge in [-0.2, -0.15) is 0 Å². The van der Waals surface area contributed by atoms with Crippen LogP contribution in [0.3, 0.4) is 0 Å². The summed E-state index contributed by atoms with van der Waals surface area (Å²) in [7, 11) is 8.22. The summed E-state index contributed by atoms with van der Waals surface area (Å²) in [4.78, 5) is 0. The quantitative estimate of drug-likeness (QED) is 0.366. The third-order valence-corrected chi connectivity index (χ3v) is 0. The fourth-order valence-corrected chi connectivity index (χ4v) is 0. The first-order chi connectivity index (χ1) is 1.00. The first-order valence-electron chi connectivity index (χ1n) is 0.143. The lowest BCUT2D eigenvalue weighted by Gasteiger charge is -1.000. The summed E-state index contributed by atoms with van der Waals surface area (Å²) in [6.45, 7) is 0. The Morgan fingerprint density at radius 1 is 0.300 bits per heavy atom. The summed E-state index contributed by atoms with van der Waals surface area (Å²) in [6, 6.07) is 0. The van der Waals surface area contributed by atoms with Gasteiger partial charge < -0.3 is 43.8 Å². The second kappa shape index (κ2) is 9350. The van der Waals surface area contributed by atoms with Gasteiger partial charge in [-0.3, -0.25) is 0 Å². The normalized spacial score (nSPS) is 0.600. The van der Waals surface area contributed by atoms with Crippen molar-refractivity contribution in [2.75, 3.05) is 0 Å². The van der Waals surface area contributed by atoms with Crippen LogP contribution in [0, 0.1) is 0 Å². The zero-order valence-electron chi connectivity index (χ0n) is 4.76. The molecule has 10 heteroatoms. The maximum atomic E-state index is 4.11. The summed E-state index contributed by atoms with van der Waals surface area (Å²) in [5.41, 5.74) is 0. The summed E-state index contributed by atoms with van der Waals surface area (Å²) < 4.78 is 0. The van der Waals surface area contributed by atoms with Gasteiger partial charge in [-0.25, -0.2) is 0 Å². The van der Waals surface area contributed by atoms with Gasteiger partial charge in [0.2, 0.25) is 0 Å². The molecule has 0 amide bonds. The molecule has 0 saturated carbocycles. The lowest BCUT2D eigenvalue weighted by atomic mass is 16.0. The predicted molar refractivity (Wildman–Crippen MR) is 40.6 cm³/mol. The van der Waals surface area contributed by atoms with Crippen LogP contribution in [0.4, 0.5) is 0 Å². The molecule has 10 heavy (non-hydrogen) atoms. The van der Waals surface area contributed by atoms with Crippen LogP contribution in [-0.2, 0) is 0 Å². The number of halogens is 2. The highest BCUT2D eigenvalue weighted by molar-refractivity contribution is 6.85. The van der Waals surface area contributed by atoms with E-state index in [2.05, 4.69) is 21.7 Å². The van der Waals surface area contributed by atoms with Gasteiger partial charge in [0.05, 0.1) is 0 Å². The largest absolute Gasteiger partial charge is 0.412 e. The number of hydrogen-bond donors (Lipinski definition) is 0. The van der Waals surface area contributed by atoms with Crippen LogP contribution in [0.25, 0.3) is 0 Å². The number of rotatable bonds is 0. The molecule has 0 unspecified atom stereocenters. The molecule has 0 aliphatic heterocycles. The molecular formula is H16Cl2O8. The molecule has 0 saturated heterocycles. The molecule has 0 aliphatic carbocycles. The summed E-state index contributed by atoms with van der Waals surface area (Å²) in [5.74, 6) is 0. The van der Waals surface area contributed by atoms with Crippen molar-refractivity contribution in [2.45, 2.75) is 0 Å². The van der Waals surface area contributed by atoms with E-state index in [-0.39, 0.29) is 43.8 Å². The molecule has 0 radical (unpaired) electrons. The van der Waals surface area contributed by atoms with Crippen LogP contribution >= 0.6 is 21.7 Å². The summed E-state index contributed by atoms with van der Waals surface area (Å²) in [6.07, 6.45) is 0. The van der Waals surface area contributed by atoms with Gasteiger partial charge >= 0.3 is 0 Å². The van der Waals surface area contributed by atoms with E-state index in [0.717, 1.165) is 0 Å². The van der Waals surface area contributed by atoms with E-state index in [1.165, 1.54) is 0 Å². The third-order valence-electron chi connectivity index (χ3n) is 0. The minimum absolute atomic E-state index is 0. The van der Waals surface area contributed by atoms with Gasteiger partial charge in [0.25, 0.3) is 0 Å². The molecule has 0 fully saturated rings. The monoisotopic (exact) mass is 214 g/mol. The molecule has 8 nitrogen and oxygen atoms in total. The zero-order chi connectivity index (χ0) is 2.00. The highest BCUT2D eigenvalue weighted by atomic mass is 36.5. The lowest BCUT2D eigenvalue weighted by molar-refractivity contribution is 0.823. The van der Waals surface area contributed by atoms with E-state index in [1.807, 2.05) is 0 Å². The van der Waals surface area contributed by atoms with Gasteiger partial charge in [-0.15, -0.1) is 0 Å². The van der Waals surface area contributed by atoms with Crippen LogP contribution < -0.4 is 0 Å². The SMILES string of the molecule is ClCl.O.O.O.O.O.O.O.O. The van der Waals surface area contributed by atoms with Gasteiger partial charge in [0.15, 0.2) is 0 Å². The molecule has 0 bridgehead atoms. The minimum Gasteiger partial charge on any atom is -0.412 e. The topological polar surface area (TPSA) is 252 Å². The molecule has 16 N–H and O–H groups in total. The van der Waals surface area contributed by atoms with Crippen LogP contribution in [0.2, 0.25) is 0 Å². The van der Waals surface area contributed by atoms with Crippen molar-refractivity contribution in [3.63, 3.8) is 0 Å². The molecule has 0 rings (SSSR count). The Morgan fingerprint density at radius 3 is 0.300 bits per heavy atom. The lowest BCUT2D eigenvalue weighted by Crippen LogP contribution is -0.311. The highest BCUT2D eigenvalue weighted by Gasteiger charge is 1.00. The number of hydrogen-bond acceptors (Lipinski definition) is 0. The standard InChI is InChI=1S/Cl2.8H2O/c1-2;;;;;;;;/h;8*1H2. The predicted octanol–water partition coefficient (Wildman–Crippen LogP) is -5.22. The molecule has 0 aromatic carbocycles. The van der Waals surface area contributed by atoms with Crippen LogP contribution in [0.15, 0.2) is 0 Å². The van der Waals surface area contributed by atoms with Gasteiger partial charge in [0, 0.05) is 21.7 Å². The van der Waals surface area contributed by atoms with E-state index in [1.54, 1.807) is 0 Å². The third kappa shape index (κ3) is 6440. The van der Waals surface area contributed by atoms with Crippen molar-refractivity contribution in [3.8, 4) is 0 Å². The van der Waals surface area contributed by atoms with Gasteiger partial charge in [0.1, 0.15) is 0 Å². The van der Waals surface area contributed by atoms with Crippen molar-refractivity contribution in [1.82, 2.24) is 0 Å². The summed E-state index contributed by atoms with van der Waals surface area (Å²) >= 11 is 0. The van der Waals surface area contributed by atoms with E-state index in [0.29, 0.717) is 0 Å². The Hall–Kier alpha value is 0.260. The van der Waals surface area contributed by atoms with Gasteiger partial charge in [-0.1, -0.05) is 0 Å². The van der Waals surface area contributed by atoms with E-state index in [9.17, 15) is 0 Å². The Bertz CT molecular complexity index is 7.22. The second-order valence-electron chi connectivity index (χ2n) is 0. The summed E-state index contributed by atoms with van der Waals surface area (Å²) in [5, 5.41) is 0. The first kappa shape index (κ1) is 554.